The Bertz CT molecular complexity index is 291. The number of benzene rings is 1. The van der Waals surface area contributed by atoms with E-state index < -0.39 is 0 Å². The maximum atomic E-state index is 5.14. The van der Waals surface area contributed by atoms with Crippen molar-refractivity contribution in [2.24, 2.45) is 0 Å². The van der Waals surface area contributed by atoms with Gasteiger partial charge in [0.15, 0.2) is 0 Å². The summed E-state index contributed by atoms with van der Waals surface area (Å²) in [6.45, 7) is 3.81. The second-order valence-electron chi connectivity index (χ2n) is 3.53. The molecule has 1 rings (SSSR count). The van der Waals surface area contributed by atoms with Gasteiger partial charge in [0.2, 0.25) is 0 Å². The van der Waals surface area contributed by atoms with E-state index in [1.807, 2.05) is 6.07 Å². The molecule has 0 radical (unpaired) electrons. The molecule has 1 aromatic carbocycles. The lowest BCUT2D eigenvalue weighted by Crippen LogP contribution is -2.32. The average Bonchev–Trinajstić information content (AvgIpc) is 2.26. The van der Waals surface area contributed by atoms with Gasteiger partial charge in [-0.05, 0) is 18.1 Å². The Labute approximate surface area is 100 Å². The lowest BCUT2D eigenvalue weighted by molar-refractivity contribution is 0.164. The molecule has 0 amide bonds. The van der Waals surface area contributed by atoms with E-state index in [9.17, 15) is 0 Å². The van der Waals surface area contributed by atoms with Gasteiger partial charge in [0, 0.05) is 24.2 Å². The van der Waals surface area contributed by atoms with Gasteiger partial charge in [-0.1, -0.05) is 41.1 Å². The Hall–Kier alpha value is -0.380. The second kappa shape index (κ2) is 6.99. The highest BCUT2D eigenvalue weighted by atomic mass is 79.9. The van der Waals surface area contributed by atoms with Crippen molar-refractivity contribution in [2.75, 3.05) is 13.7 Å². The molecule has 2 nitrogen and oxygen atoms in total. The van der Waals surface area contributed by atoms with Crippen LogP contribution in [-0.4, -0.2) is 19.8 Å². The molecular weight excluding hydrogens is 254 g/mol. The first-order valence-electron chi connectivity index (χ1n) is 5.23. The van der Waals surface area contributed by atoms with Crippen LogP contribution in [0.5, 0.6) is 0 Å². The van der Waals surface area contributed by atoms with Crippen molar-refractivity contribution in [3.05, 3.63) is 34.3 Å². The lowest BCUT2D eigenvalue weighted by atomic mass is 10.2. The van der Waals surface area contributed by atoms with Gasteiger partial charge in [-0.2, -0.15) is 0 Å². The van der Waals surface area contributed by atoms with E-state index in [1.54, 1.807) is 7.11 Å². The van der Waals surface area contributed by atoms with Crippen LogP contribution in [0.1, 0.15) is 18.9 Å². The largest absolute Gasteiger partial charge is 0.383 e. The SMILES string of the molecule is CC[C@H](COC)NCc1ccccc1Br. The standard InChI is InChI=1S/C12H18BrNO/c1-3-11(9-15-2)14-8-10-6-4-5-7-12(10)13/h4-7,11,14H,3,8-9H2,1-2H3/t11-/m1/s1. The summed E-state index contributed by atoms with van der Waals surface area (Å²) in [6, 6.07) is 8.70. The summed E-state index contributed by atoms with van der Waals surface area (Å²) in [7, 11) is 1.74. The summed E-state index contributed by atoms with van der Waals surface area (Å²) in [5.41, 5.74) is 1.28. The van der Waals surface area contributed by atoms with E-state index >= 15 is 0 Å². The quantitative estimate of drug-likeness (QED) is 0.859. The van der Waals surface area contributed by atoms with Crippen molar-refractivity contribution in [1.29, 1.82) is 0 Å². The predicted molar refractivity (Wildman–Crippen MR) is 66.9 cm³/mol. The van der Waals surface area contributed by atoms with Gasteiger partial charge < -0.3 is 10.1 Å². The van der Waals surface area contributed by atoms with Crippen molar-refractivity contribution in [2.45, 2.75) is 25.9 Å². The van der Waals surface area contributed by atoms with E-state index in [0.29, 0.717) is 6.04 Å². The van der Waals surface area contributed by atoms with E-state index in [4.69, 9.17) is 4.74 Å². The van der Waals surface area contributed by atoms with Crippen molar-refractivity contribution >= 4 is 15.9 Å². The summed E-state index contributed by atoms with van der Waals surface area (Å²) >= 11 is 3.54. The highest BCUT2D eigenvalue weighted by molar-refractivity contribution is 9.10. The van der Waals surface area contributed by atoms with E-state index in [-0.39, 0.29) is 0 Å². The molecule has 84 valence electrons. The number of rotatable bonds is 6. The Balaban J connectivity index is 2.45. The van der Waals surface area contributed by atoms with Gasteiger partial charge >= 0.3 is 0 Å². The van der Waals surface area contributed by atoms with Crippen LogP contribution in [0, 0.1) is 0 Å². The smallest absolute Gasteiger partial charge is 0.0615 e. The summed E-state index contributed by atoms with van der Waals surface area (Å²) in [5, 5.41) is 3.47. The highest BCUT2D eigenvalue weighted by Crippen LogP contribution is 2.15. The van der Waals surface area contributed by atoms with Gasteiger partial charge in [-0.3, -0.25) is 0 Å². The zero-order valence-corrected chi connectivity index (χ0v) is 10.9. The monoisotopic (exact) mass is 271 g/mol. The Kier molecular flexibility index (Phi) is 5.91. The molecule has 0 aromatic heterocycles. The highest BCUT2D eigenvalue weighted by Gasteiger charge is 2.05. The fourth-order valence-electron chi connectivity index (χ4n) is 1.42. The number of halogens is 1. The van der Waals surface area contributed by atoms with Gasteiger partial charge in [0.1, 0.15) is 0 Å². The predicted octanol–water partition coefficient (Wildman–Crippen LogP) is 2.96. The lowest BCUT2D eigenvalue weighted by Gasteiger charge is -2.16. The van der Waals surface area contributed by atoms with E-state index in [0.717, 1.165) is 24.0 Å². The molecule has 0 fully saturated rings. The van der Waals surface area contributed by atoms with Crippen LogP contribution in [-0.2, 0) is 11.3 Å². The Morgan fingerprint density at radius 3 is 2.73 bits per heavy atom. The molecule has 0 unspecified atom stereocenters. The topological polar surface area (TPSA) is 21.3 Å². The first kappa shape index (κ1) is 12.7. The number of methoxy groups -OCH3 is 1. The molecule has 0 saturated carbocycles. The van der Waals surface area contributed by atoms with Crippen LogP contribution in [0.3, 0.4) is 0 Å². The van der Waals surface area contributed by atoms with Gasteiger partial charge in [0.05, 0.1) is 6.61 Å². The summed E-state index contributed by atoms with van der Waals surface area (Å²) in [4.78, 5) is 0. The number of hydrogen-bond acceptors (Lipinski definition) is 2. The van der Waals surface area contributed by atoms with E-state index in [1.165, 1.54) is 5.56 Å². The van der Waals surface area contributed by atoms with E-state index in [2.05, 4.69) is 46.4 Å². The fraction of sp³-hybridized carbons (Fsp3) is 0.500. The number of hydrogen-bond donors (Lipinski definition) is 1. The van der Waals surface area contributed by atoms with Crippen molar-refractivity contribution in [3.8, 4) is 0 Å². The second-order valence-corrected chi connectivity index (χ2v) is 4.39. The molecule has 0 spiro atoms. The molecule has 15 heavy (non-hydrogen) atoms. The zero-order valence-electron chi connectivity index (χ0n) is 9.29. The summed E-state index contributed by atoms with van der Waals surface area (Å²) in [6.07, 6.45) is 1.08. The Morgan fingerprint density at radius 1 is 1.40 bits per heavy atom. The molecule has 0 aliphatic heterocycles. The van der Waals surface area contributed by atoms with Crippen molar-refractivity contribution in [3.63, 3.8) is 0 Å². The fourth-order valence-corrected chi connectivity index (χ4v) is 1.84. The summed E-state index contributed by atoms with van der Waals surface area (Å²) < 4.78 is 6.30. The third kappa shape index (κ3) is 4.33. The van der Waals surface area contributed by atoms with Crippen molar-refractivity contribution in [1.82, 2.24) is 5.32 Å². The first-order valence-corrected chi connectivity index (χ1v) is 6.03. The maximum Gasteiger partial charge on any atom is 0.0615 e. The average molecular weight is 272 g/mol. The third-order valence-corrected chi connectivity index (χ3v) is 3.17. The molecule has 0 aliphatic rings. The van der Waals surface area contributed by atoms with Crippen molar-refractivity contribution < 1.29 is 4.74 Å². The van der Waals surface area contributed by atoms with Crippen LogP contribution >= 0.6 is 15.9 Å². The molecule has 1 N–H and O–H groups in total. The molecule has 3 heteroatoms. The molecular formula is C12H18BrNO. The maximum absolute atomic E-state index is 5.14. The third-order valence-electron chi connectivity index (χ3n) is 2.40. The van der Waals surface area contributed by atoms with Crippen LogP contribution in [0.2, 0.25) is 0 Å². The summed E-state index contributed by atoms with van der Waals surface area (Å²) in [5.74, 6) is 0. The molecule has 1 atom stereocenters. The van der Waals surface area contributed by atoms with Crippen LogP contribution in [0.25, 0.3) is 0 Å². The minimum absolute atomic E-state index is 0.433. The van der Waals surface area contributed by atoms with Gasteiger partial charge in [-0.15, -0.1) is 0 Å². The van der Waals surface area contributed by atoms with Crippen LogP contribution < -0.4 is 5.32 Å². The Morgan fingerprint density at radius 2 is 2.13 bits per heavy atom. The zero-order chi connectivity index (χ0) is 11.1. The number of nitrogens with one attached hydrogen (secondary N) is 1. The van der Waals surface area contributed by atoms with Gasteiger partial charge in [-0.25, -0.2) is 0 Å². The molecule has 0 saturated heterocycles. The first-order chi connectivity index (χ1) is 7.27. The van der Waals surface area contributed by atoms with Crippen LogP contribution in [0.4, 0.5) is 0 Å². The molecule has 0 heterocycles. The number of ether oxygens (including phenoxy) is 1. The minimum Gasteiger partial charge on any atom is -0.383 e. The molecule has 0 bridgehead atoms. The van der Waals surface area contributed by atoms with Crippen LogP contribution in [0.15, 0.2) is 28.7 Å². The van der Waals surface area contributed by atoms with Gasteiger partial charge in [0.25, 0.3) is 0 Å². The molecule has 0 aliphatic carbocycles. The molecule has 1 aromatic rings. The minimum atomic E-state index is 0.433. The normalized spacial score (nSPS) is 12.7.